The average Bonchev–Trinajstić information content (AvgIpc) is 2.64. The van der Waals surface area contributed by atoms with Gasteiger partial charge in [-0.05, 0) is 18.6 Å². The Balaban J connectivity index is 2.41. The third kappa shape index (κ3) is 8.87. The van der Waals surface area contributed by atoms with Crippen LogP contribution in [0, 0.1) is 5.82 Å². The first-order valence-electron chi connectivity index (χ1n) is 7.76. The summed E-state index contributed by atoms with van der Waals surface area (Å²) in [6, 6.07) is 5.58. The number of nitrogens with one attached hydrogen (secondary N) is 1. The molecule has 0 spiro atoms. The normalized spacial score (nSPS) is 13.6. The second kappa shape index (κ2) is 12.3. The van der Waals surface area contributed by atoms with Crippen LogP contribution < -0.4 is 9.84 Å². The van der Waals surface area contributed by atoms with Crippen LogP contribution in [0.5, 0.6) is 5.75 Å². The van der Waals surface area contributed by atoms with Crippen LogP contribution in [0.1, 0.15) is 6.42 Å². The van der Waals surface area contributed by atoms with Crippen molar-refractivity contribution in [3.63, 3.8) is 0 Å². The fourth-order valence-electron chi connectivity index (χ4n) is 1.83. The molecular weight excluding hydrogens is 385 g/mol. The highest BCUT2D eigenvalue weighted by molar-refractivity contribution is 7.41. The Bertz CT molecular complexity index is 649. The SMILES string of the molecule is COC(CCN(C)/C=C(/F)C(=O)NC=O)COP(O)Oc1ccccc1F. The van der Waals surface area contributed by atoms with Crippen molar-refractivity contribution in [2.24, 2.45) is 0 Å². The van der Waals surface area contributed by atoms with Crippen LogP contribution in [0.2, 0.25) is 0 Å². The van der Waals surface area contributed by atoms with E-state index in [1.165, 1.54) is 37.3 Å². The molecule has 2 unspecified atom stereocenters. The fraction of sp³-hybridized carbons (Fsp3) is 0.375. The van der Waals surface area contributed by atoms with Crippen molar-refractivity contribution >= 4 is 20.9 Å². The number of imide groups is 1. The molecule has 0 aliphatic heterocycles. The summed E-state index contributed by atoms with van der Waals surface area (Å²) in [5.74, 6) is -3.01. The van der Waals surface area contributed by atoms with Gasteiger partial charge in [0.05, 0.1) is 12.7 Å². The summed E-state index contributed by atoms with van der Waals surface area (Å²) in [7, 11) is 0.604. The van der Waals surface area contributed by atoms with Gasteiger partial charge in [-0.15, -0.1) is 0 Å². The maximum atomic E-state index is 13.4. The molecule has 0 aliphatic carbocycles. The number of methoxy groups -OCH3 is 1. The summed E-state index contributed by atoms with van der Waals surface area (Å²) in [6.07, 6.45) is 0.931. The molecule has 0 saturated carbocycles. The van der Waals surface area contributed by atoms with E-state index in [0.29, 0.717) is 13.0 Å². The molecule has 0 saturated heterocycles. The molecule has 2 atom stereocenters. The summed E-state index contributed by atoms with van der Waals surface area (Å²) < 4.78 is 42.2. The summed E-state index contributed by atoms with van der Waals surface area (Å²) >= 11 is 0. The second-order valence-corrected chi connectivity index (χ2v) is 6.17. The number of benzene rings is 1. The molecule has 27 heavy (non-hydrogen) atoms. The van der Waals surface area contributed by atoms with Crippen LogP contribution in [0.3, 0.4) is 0 Å². The van der Waals surface area contributed by atoms with E-state index in [0.717, 1.165) is 6.20 Å². The predicted molar refractivity (Wildman–Crippen MR) is 93.6 cm³/mol. The number of hydrogen-bond donors (Lipinski definition) is 2. The molecule has 1 aromatic carbocycles. The Labute approximate surface area is 156 Å². The zero-order valence-electron chi connectivity index (χ0n) is 14.8. The third-order valence-corrected chi connectivity index (χ3v) is 3.98. The Morgan fingerprint density at radius 2 is 2.15 bits per heavy atom. The largest absolute Gasteiger partial charge is 0.424 e. The van der Waals surface area contributed by atoms with Gasteiger partial charge < -0.3 is 19.1 Å². The monoisotopic (exact) mass is 406 g/mol. The highest BCUT2D eigenvalue weighted by Gasteiger charge is 2.17. The van der Waals surface area contributed by atoms with Crippen molar-refractivity contribution in [1.82, 2.24) is 10.2 Å². The van der Waals surface area contributed by atoms with E-state index in [2.05, 4.69) is 0 Å². The third-order valence-electron chi connectivity index (χ3n) is 3.26. The first-order chi connectivity index (χ1) is 12.9. The molecule has 0 bridgehead atoms. The van der Waals surface area contributed by atoms with Gasteiger partial charge in [-0.25, -0.2) is 4.39 Å². The Hall–Kier alpha value is -2.13. The quantitative estimate of drug-likeness (QED) is 0.311. The molecule has 11 heteroatoms. The number of ether oxygens (including phenoxy) is 1. The number of carbonyl (C=O) groups excluding carboxylic acids is 2. The molecule has 0 aromatic heterocycles. The van der Waals surface area contributed by atoms with Gasteiger partial charge in [0, 0.05) is 26.9 Å². The lowest BCUT2D eigenvalue weighted by Crippen LogP contribution is -2.26. The van der Waals surface area contributed by atoms with Gasteiger partial charge in [-0.2, -0.15) is 4.39 Å². The van der Waals surface area contributed by atoms with E-state index in [9.17, 15) is 23.3 Å². The molecule has 0 radical (unpaired) electrons. The van der Waals surface area contributed by atoms with Crippen molar-refractivity contribution < 1.29 is 37.0 Å². The minimum atomic E-state index is -2.36. The summed E-state index contributed by atoms with van der Waals surface area (Å²) in [6.45, 7) is 0.250. The molecule has 0 aliphatic rings. The standard InChI is InChI=1S/C16H21F2N2O6P/c1-20(9-14(18)16(22)19-11-21)8-7-12(24-2)10-25-27(23)26-15-6-4-3-5-13(15)17/h3-6,9,11-12,23H,7-8,10H2,1-2H3,(H,19,21,22)/b14-9+. The number of carbonyl (C=O) groups is 2. The van der Waals surface area contributed by atoms with Crippen molar-refractivity contribution in [1.29, 1.82) is 0 Å². The smallest absolute Gasteiger partial charge is 0.394 e. The summed E-state index contributed by atoms with van der Waals surface area (Å²) in [5, 5.41) is 1.68. The van der Waals surface area contributed by atoms with Gasteiger partial charge >= 0.3 is 8.60 Å². The molecule has 1 aromatic rings. The van der Waals surface area contributed by atoms with Gasteiger partial charge in [-0.1, -0.05) is 12.1 Å². The van der Waals surface area contributed by atoms with E-state index in [4.69, 9.17) is 13.8 Å². The molecule has 150 valence electrons. The van der Waals surface area contributed by atoms with Crippen LogP contribution in [0.15, 0.2) is 36.3 Å². The molecule has 2 N–H and O–H groups in total. The molecule has 0 heterocycles. The lowest BCUT2D eigenvalue weighted by molar-refractivity contribution is -0.123. The number of halogens is 2. The predicted octanol–water partition coefficient (Wildman–Crippen LogP) is 1.86. The minimum Gasteiger partial charge on any atom is -0.424 e. The fourth-order valence-corrected chi connectivity index (χ4v) is 2.49. The van der Waals surface area contributed by atoms with E-state index >= 15 is 0 Å². The van der Waals surface area contributed by atoms with Gasteiger partial charge in [0.25, 0.3) is 5.91 Å². The Morgan fingerprint density at radius 1 is 1.44 bits per heavy atom. The van der Waals surface area contributed by atoms with E-state index in [1.807, 2.05) is 0 Å². The highest BCUT2D eigenvalue weighted by atomic mass is 31.2. The van der Waals surface area contributed by atoms with Crippen molar-refractivity contribution in [3.8, 4) is 5.75 Å². The highest BCUT2D eigenvalue weighted by Crippen LogP contribution is 2.36. The van der Waals surface area contributed by atoms with Gasteiger partial charge in [-0.3, -0.25) is 19.4 Å². The molecule has 8 nitrogen and oxygen atoms in total. The van der Waals surface area contributed by atoms with E-state index in [1.54, 1.807) is 11.4 Å². The van der Waals surface area contributed by atoms with Crippen LogP contribution >= 0.6 is 8.60 Å². The summed E-state index contributed by atoms with van der Waals surface area (Å²) in [5.41, 5.74) is 0. The molecule has 0 fully saturated rings. The lowest BCUT2D eigenvalue weighted by Gasteiger charge is -2.20. The lowest BCUT2D eigenvalue weighted by atomic mass is 10.2. The number of amides is 2. The summed E-state index contributed by atoms with van der Waals surface area (Å²) in [4.78, 5) is 32.3. The number of hydrogen-bond acceptors (Lipinski definition) is 7. The first-order valence-corrected chi connectivity index (χ1v) is 8.89. The average molecular weight is 406 g/mol. The van der Waals surface area contributed by atoms with Crippen LogP contribution in [0.4, 0.5) is 8.78 Å². The van der Waals surface area contributed by atoms with Gasteiger partial charge in [0.15, 0.2) is 11.6 Å². The zero-order chi connectivity index (χ0) is 20.2. The van der Waals surface area contributed by atoms with Gasteiger partial charge in [0.1, 0.15) is 0 Å². The van der Waals surface area contributed by atoms with Gasteiger partial charge in [0.2, 0.25) is 12.2 Å². The van der Waals surface area contributed by atoms with Crippen molar-refractivity contribution in [2.75, 3.05) is 27.3 Å². The molecular formula is C16H21F2N2O6P. The number of nitrogens with zero attached hydrogens (tertiary/aromatic N) is 1. The minimum absolute atomic E-state index is 0.0428. The number of para-hydroxylation sites is 1. The number of rotatable bonds is 12. The topological polar surface area (TPSA) is 97.3 Å². The maximum absolute atomic E-state index is 13.4. The first kappa shape index (κ1) is 22.9. The Kier molecular flexibility index (Phi) is 10.4. The van der Waals surface area contributed by atoms with E-state index in [-0.39, 0.29) is 18.8 Å². The second-order valence-electron chi connectivity index (χ2n) is 5.25. The molecule has 1 rings (SSSR count). The van der Waals surface area contributed by atoms with Crippen LogP contribution in [-0.2, 0) is 18.8 Å². The van der Waals surface area contributed by atoms with Crippen LogP contribution in [0.25, 0.3) is 0 Å². The van der Waals surface area contributed by atoms with Crippen LogP contribution in [-0.4, -0.2) is 55.5 Å². The molecule has 2 amide bonds. The van der Waals surface area contributed by atoms with E-state index < -0.39 is 32.3 Å². The van der Waals surface area contributed by atoms with Crippen molar-refractivity contribution in [3.05, 3.63) is 42.1 Å². The zero-order valence-corrected chi connectivity index (χ0v) is 15.7. The maximum Gasteiger partial charge on any atom is 0.394 e. The Morgan fingerprint density at radius 3 is 2.78 bits per heavy atom. The van der Waals surface area contributed by atoms with Crippen molar-refractivity contribution in [2.45, 2.75) is 12.5 Å².